The van der Waals surface area contributed by atoms with Gasteiger partial charge in [0.25, 0.3) is 5.91 Å². The first-order valence-corrected chi connectivity index (χ1v) is 6.37. The van der Waals surface area contributed by atoms with Crippen LogP contribution in [-0.4, -0.2) is 34.8 Å². The fourth-order valence-corrected chi connectivity index (χ4v) is 2.19. The first-order valence-electron chi connectivity index (χ1n) is 4.96. The summed E-state index contributed by atoms with van der Waals surface area (Å²) in [7, 11) is 0. The first kappa shape index (κ1) is 12.5. The third-order valence-electron chi connectivity index (χ3n) is 2.17. The maximum atomic E-state index is 12.0. The van der Waals surface area contributed by atoms with E-state index in [2.05, 4.69) is 4.98 Å². The molecule has 0 N–H and O–H groups in total. The summed E-state index contributed by atoms with van der Waals surface area (Å²) in [5, 5.41) is 0. The molecule has 0 saturated carbocycles. The second-order valence-corrected chi connectivity index (χ2v) is 4.43. The van der Waals surface area contributed by atoms with Gasteiger partial charge in [-0.05, 0) is 20.3 Å². The molecule has 5 heteroatoms. The molecule has 0 bridgehead atoms. The Labute approximate surface area is 99.1 Å². The Kier molecular flexibility index (Phi) is 5.05. The fraction of sp³-hybridized carbons (Fsp3) is 0.600. The number of amides is 1. The predicted molar refractivity (Wildman–Crippen MR) is 63.8 cm³/mol. The van der Waals surface area contributed by atoms with Gasteiger partial charge in [0.05, 0.1) is 11.2 Å². The number of thiazole rings is 1. The Hall–Kier alpha value is -0.610. The topological polar surface area (TPSA) is 33.2 Å². The van der Waals surface area contributed by atoms with E-state index in [-0.39, 0.29) is 5.91 Å². The van der Waals surface area contributed by atoms with Crippen LogP contribution < -0.4 is 0 Å². The van der Waals surface area contributed by atoms with E-state index in [4.69, 9.17) is 11.6 Å². The van der Waals surface area contributed by atoms with Gasteiger partial charge in [0.2, 0.25) is 0 Å². The van der Waals surface area contributed by atoms with Gasteiger partial charge in [-0.15, -0.1) is 22.9 Å². The van der Waals surface area contributed by atoms with Crippen molar-refractivity contribution in [1.82, 2.24) is 9.88 Å². The van der Waals surface area contributed by atoms with E-state index in [0.29, 0.717) is 12.4 Å². The van der Waals surface area contributed by atoms with Crippen molar-refractivity contribution < 1.29 is 4.79 Å². The molecule has 0 fully saturated rings. The van der Waals surface area contributed by atoms with Crippen molar-refractivity contribution in [2.24, 2.45) is 0 Å². The molecule has 3 nitrogen and oxygen atoms in total. The minimum atomic E-state index is 0.0719. The van der Waals surface area contributed by atoms with Crippen LogP contribution in [-0.2, 0) is 0 Å². The van der Waals surface area contributed by atoms with Gasteiger partial charge >= 0.3 is 0 Å². The van der Waals surface area contributed by atoms with Crippen LogP contribution in [0, 0.1) is 6.92 Å². The Morgan fingerprint density at radius 3 is 2.87 bits per heavy atom. The summed E-state index contributed by atoms with van der Waals surface area (Å²) >= 11 is 7.02. The lowest BCUT2D eigenvalue weighted by Crippen LogP contribution is -2.31. The molecular formula is C10H15ClN2OS. The van der Waals surface area contributed by atoms with Gasteiger partial charge in [0.15, 0.2) is 0 Å². The minimum absolute atomic E-state index is 0.0719. The van der Waals surface area contributed by atoms with Gasteiger partial charge in [0.1, 0.15) is 4.88 Å². The zero-order valence-corrected chi connectivity index (χ0v) is 10.6. The highest BCUT2D eigenvalue weighted by molar-refractivity contribution is 7.11. The Bertz CT molecular complexity index is 327. The Morgan fingerprint density at radius 2 is 2.40 bits per heavy atom. The number of carbonyl (C=O) groups excluding carboxylic acids is 1. The van der Waals surface area contributed by atoms with Crippen LogP contribution in [0.15, 0.2) is 5.51 Å². The quantitative estimate of drug-likeness (QED) is 0.748. The number of alkyl halides is 1. The van der Waals surface area contributed by atoms with Crippen molar-refractivity contribution in [2.45, 2.75) is 20.3 Å². The lowest BCUT2D eigenvalue weighted by atomic mass is 10.3. The van der Waals surface area contributed by atoms with E-state index in [1.807, 2.05) is 18.7 Å². The summed E-state index contributed by atoms with van der Waals surface area (Å²) in [4.78, 5) is 18.6. The largest absolute Gasteiger partial charge is 0.338 e. The van der Waals surface area contributed by atoms with Gasteiger partial charge in [-0.1, -0.05) is 0 Å². The molecule has 84 valence electrons. The molecule has 1 heterocycles. The maximum absolute atomic E-state index is 12.0. The molecular weight excluding hydrogens is 232 g/mol. The summed E-state index contributed by atoms with van der Waals surface area (Å²) in [6, 6.07) is 0. The van der Waals surface area contributed by atoms with Crippen LogP contribution in [0.4, 0.5) is 0 Å². The molecule has 0 saturated heterocycles. The average molecular weight is 247 g/mol. The number of rotatable bonds is 5. The van der Waals surface area contributed by atoms with E-state index in [0.717, 1.165) is 23.5 Å². The second-order valence-electron chi connectivity index (χ2n) is 3.19. The van der Waals surface area contributed by atoms with Crippen molar-refractivity contribution in [3.05, 3.63) is 16.1 Å². The van der Waals surface area contributed by atoms with Gasteiger partial charge in [0, 0.05) is 19.0 Å². The lowest BCUT2D eigenvalue weighted by Gasteiger charge is -2.19. The Balaban J connectivity index is 2.69. The molecule has 0 radical (unpaired) electrons. The van der Waals surface area contributed by atoms with E-state index in [9.17, 15) is 4.79 Å². The Morgan fingerprint density at radius 1 is 1.67 bits per heavy atom. The van der Waals surface area contributed by atoms with Crippen molar-refractivity contribution >= 4 is 28.8 Å². The third-order valence-corrected chi connectivity index (χ3v) is 3.35. The molecule has 0 atom stereocenters. The SMILES string of the molecule is CCN(CCCCl)C(=O)c1scnc1C. The van der Waals surface area contributed by atoms with Crippen molar-refractivity contribution in [2.75, 3.05) is 19.0 Å². The van der Waals surface area contributed by atoms with E-state index >= 15 is 0 Å². The summed E-state index contributed by atoms with van der Waals surface area (Å²) in [6.45, 7) is 5.27. The maximum Gasteiger partial charge on any atom is 0.265 e. The van der Waals surface area contributed by atoms with E-state index in [1.54, 1.807) is 5.51 Å². The highest BCUT2D eigenvalue weighted by atomic mass is 35.5. The third kappa shape index (κ3) is 3.18. The average Bonchev–Trinajstić information content (AvgIpc) is 2.65. The minimum Gasteiger partial charge on any atom is -0.338 e. The fourth-order valence-electron chi connectivity index (χ4n) is 1.30. The number of nitrogens with zero attached hydrogens (tertiary/aromatic N) is 2. The van der Waals surface area contributed by atoms with Crippen LogP contribution in [0.5, 0.6) is 0 Å². The first-order chi connectivity index (χ1) is 7.20. The van der Waals surface area contributed by atoms with Crippen LogP contribution in [0.2, 0.25) is 0 Å². The van der Waals surface area contributed by atoms with Crippen molar-refractivity contribution in [1.29, 1.82) is 0 Å². The summed E-state index contributed by atoms with van der Waals surface area (Å²) in [5.41, 5.74) is 2.52. The molecule has 0 aliphatic carbocycles. The van der Waals surface area contributed by atoms with Crippen LogP contribution in [0.1, 0.15) is 28.7 Å². The molecule has 1 aromatic heterocycles. The summed E-state index contributed by atoms with van der Waals surface area (Å²) in [5.74, 6) is 0.661. The molecule has 1 amide bonds. The van der Waals surface area contributed by atoms with Gasteiger partial charge in [-0.25, -0.2) is 4.98 Å². The van der Waals surface area contributed by atoms with Crippen molar-refractivity contribution in [3.63, 3.8) is 0 Å². The second kappa shape index (κ2) is 6.08. The van der Waals surface area contributed by atoms with Gasteiger partial charge < -0.3 is 4.90 Å². The molecule has 0 unspecified atom stereocenters. The van der Waals surface area contributed by atoms with Gasteiger partial charge in [-0.3, -0.25) is 4.79 Å². The predicted octanol–water partition coefficient (Wildman–Crippen LogP) is 2.54. The highest BCUT2D eigenvalue weighted by Crippen LogP contribution is 2.15. The normalized spacial score (nSPS) is 10.3. The molecule has 1 rings (SSSR count). The summed E-state index contributed by atoms with van der Waals surface area (Å²) < 4.78 is 0. The monoisotopic (exact) mass is 246 g/mol. The number of carbonyl (C=O) groups is 1. The number of aryl methyl sites for hydroxylation is 1. The molecule has 15 heavy (non-hydrogen) atoms. The number of hydrogen-bond acceptors (Lipinski definition) is 3. The smallest absolute Gasteiger partial charge is 0.265 e. The zero-order chi connectivity index (χ0) is 11.3. The molecule has 1 aromatic rings. The zero-order valence-electron chi connectivity index (χ0n) is 8.99. The summed E-state index contributed by atoms with van der Waals surface area (Å²) in [6.07, 6.45) is 0.832. The molecule has 0 aliphatic rings. The highest BCUT2D eigenvalue weighted by Gasteiger charge is 2.17. The van der Waals surface area contributed by atoms with Crippen LogP contribution in [0.3, 0.4) is 0 Å². The number of aromatic nitrogens is 1. The van der Waals surface area contributed by atoms with Crippen LogP contribution >= 0.6 is 22.9 Å². The number of halogens is 1. The standard InChI is InChI=1S/C10H15ClN2OS/c1-3-13(6-4-5-11)10(14)9-8(2)12-7-15-9/h7H,3-6H2,1-2H3. The van der Waals surface area contributed by atoms with E-state index in [1.165, 1.54) is 11.3 Å². The van der Waals surface area contributed by atoms with Gasteiger partial charge in [-0.2, -0.15) is 0 Å². The van der Waals surface area contributed by atoms with Crippen LogP contribution in [0.25, 0.3) is 0 Å². The molecule has 0 aromatic carbocycles. The van der Waals surface area contributed by atoms with Crippen molar-refractivity contribution in [3.8, 4) is 0 Å². The molecule has 0 spiro atoms. The van der Waals surface area contributed by atoms with E-state index < -0.39 is 0 Å². The number of hydrogen-bond donors (Lipinski definition) is 0. The molecule has 0 aliphatic heterocycles. The lowest BCUT2D eigenvalue weighted by molar-refractivity contribution is 0.0769.